The number of benzene rings is 2. The van der Waals surface area contributed by atoms with E-state index >= 15 is 0 Å². The van der Waals surface area contributed by atoms with Gasteiger partial charge in [-0.15, -0.1) is 0 Å². The molecule has 0 heterocycles. The molecule has 1 unspecified atom stereocenters. The molecule has 6 rings (SSSR count). The highest BCUT2D eigenvalue weighted by Gasteiger charge is 2.52. The molecule has 3 nitrogen and oxygen atoms in total. The number of alkyl halides is 3. The van der Waals surface area contributed by atoms with Gasteiger partial charge in [-0.05, 0) is 111 Å². The maximum Gasteiger partial charge on any atom is 0.416 e. The Morgan fingerprint density at radius 3 is 2.31 bits per heavy atom. The third kappa shape index (κ3) is 5.01. The zero-order chi connectivity index (χ0) is 25.5. The van der Waals surface area contributed by atoms with Crippen LogP contribution in [0.5, 0.6) is 5.75 Å². The number of carbonyl (C=O) groups excluding carboxylic acids is 1. The number of aromatic hydroxyl groups is 1. The largest absolute Gasteiger partial charge is 0.508 e. The standard InChI is InChI=1S/C30H35F3O3/c1-2-36-28(35)25(23-6-4-7-24(15-23)30(31,32)33)8-3-5-19-9-10-26(27(34)14-19)29-16-20-11-21(17-29)13-22(12-20)18-29/h4,6-7,9-10,14-15,20-22,25,34H,2-3,5,8,11-13,16-18H2,1H3. The van der Waals surface area contributed by atoms with Crippen LogP contribution in [0, 0.1) is 17.8 Å². The first kappa shape index (κ1) is 25.2. The molecule has 194 valence electrons. The van der Waals surface area contributed by atoms with Crippen LogP contribution >= 0.6 is 0 Å². The third-order valence-corrected chi connectivity index (χ3v) is 8.82. The second-order valence-electron chi connectivity index (χ2n) is 11.4. The Morgan fingerprint density at radius 2 is 1.72 bits per heavy atom. The first-order valence-electron chi connectivity index (χ1n) is 13.3. The molecule has 4 aliphatic rings. The average Bonchev–Trinajstić information content (AvgIpc) is 2.80. The number of carbonyl (C=O) groups is 1. The number of rotatable bonds is 8. The molecule has 0 radical (unpaired) electrons. The normalized spacial score (nSPS) is 27.7. The summed E-state index contributed by atoms with van der Waals surface area (Å²) >= 11 is 0. The van der Waals surface area contributed by atoms with Crippen LogP contribution < -0.4 is 0 Å². The summed E-state index contributed by atoms with van der Waals surface area (Å²) in [5.74, 6) is 1.50. The van der Waals surface area contributed by atoms with E-state index in [0.29, 0.717) is 30.6 Å². The minimum absolute atomic E-state index is 0.121. The summed E-state index contributed by atoms with van der Waals surface area (Å²) in [7, 11) is 0. The predicted molar refractivity (Wildman–Crippen MR) is 132 cm³/mol. The van der Waals surface area contributed by atoms with Crippen molar-refractivity contribution in [3.8, 4) is 5.75 Å². The molecule has 1 atom stereocenters. The van der Waals surface area contributed by atoms with Gasteiger partial charge < -0.3 is 9.84 Å². The van der Waals surface area contributed by atoms with Gasteiger partial charge in [0.25, 0.3) is 0 Å². The zero-order valence-corrected chi connectivity index (χ0v) is 20.8. The lowest BCUT2D eigenvalue weighted by atomic mass is 9.48. The van der Waals surface area contributed by atoms with Gasteiger partial charge in [-0.2, -0.15) is 13.2 Å². The summed E-state index contributed by atoms with van der Waals surface area (Å²) in [4.78, 5) is 12.6. The fourth-order valence-electron chi connectivity index (χ4n) is 7.73. The van der Waals surface area contributed by atoms with Gasteiger partial charge in [-0.1, -0.05) is 30.3 Å². The summed E-state index contributed by atoms with van der Waals surface area (Å²) in [6, 6.07) is 11.0. The molecule has 6 heteroatoms. The molecule has 0 amide bonds. The number of hydrogen-bond donors (Lipinski definition) is 1. The van der Waals surface area contributed by atoms with Crippen LogP contribution in [0.4, 0.5) is 13.2 Å². The maximum absolute atomic E-state index is 13.2. The number of halogens is 3. The number of hydrogen-bond acceptors (Lipinski definition) is 3. The van der Waals surface area contributed by atoms with Crippen molar-refractivity contribution in [2.75, 3.05) is 6.61 Å². The first-order valence-corrected chi connectivity index (χ1v) is 13.3. The SMILES string of the molecule is CCOC(=O)C(CCCc1ccc(C23CC4CC(CC(C4)C2)C3)c(O)c1)c1cccc(C(F)(F)F)c1. The van der Waals surface area contributed by atoms with Crippen molar-refractivity contribution in [1.29, 1.82) is 0 Å². The number of phenols is 1. The smallest absolute Gasteiger partial charge is 0.416 e. The Hall–Kier alpha value is -2.50. The van der Waals surface area contributed by atoms with Crippen molar-refractivity contribution in [3.63, 3.8) is 0 Å². The number of aryl methyl sites for hydroxylation is 1. The van der Waals surface area contributed by atoms with E-state index in [1.807, 2.05) is 6.07 Å². The minimum Gasteiger partial charge on any atom is -0.508 e. The van der Waals surface area contributed by atoms with E-state index in [1.165, 1.54) is 44.6 Å². The van der Waals surface area contributed by atoms with Crippen molar-refractivity contribution < 1.29 is 27.8 Å². The molecule has 0 saturated heterocycles. The molecule has 0 aliphatic heterocycles. The quantitative estimate of drug-likeness (QED) is 0.381. The summed E-state index contributed by atoms with van der Waals surface area (Å²) < 4.78 is 44.8. The lowest BCUT2D eigenvalue weighted by Crippen LogP contribution is -2.48. The van der Waals surface area contributed by atoms with Crippen LogP contribution in [0.25, 0.3) is 0 Å². The minimum atomic E-state index is -4.47. The van der Waals surface area contributed by atoms with Gasteiger partial charge in [0.15, 0.2) is 0 Å². The van der Waals surface area contributed by atoms with Crippen LogP contribution in [0.3, 0.4) is 0 Å². The number of esters is 1. The van der Waals surface area contributed by atoms with E-state index in [0.717, 1.165) is 41.0 Å². The van der Waals surface area contributed by atoms with Crippen LogP contribution in [0.1, 0.15) is 86.5 Å². The van der Waals surface area contributed by atoms with Crippen LogP contribution in [0.15, 0.2) is 42.5 Å². The van der Waals surface area contributed by atoms with E-state index in [2.05, 4.69) is 12.1 Å². The third-order valence-electron chi connectivity index (χ3n) is 8.82. The Balaban J connectivity index is 1.27. The molecule has 0 spiro atoms. The van der Waals surface area contributed by atoms with Gasteiger partial charge in [0.05, 0.1) is 18.1 Å². The molecule has 4 bridgehead atoms. The molecular formula is C30H35F3O3. The highest BCUT2D eigenvalue weighted by Crippen LogP contribution is 2.61. The molecule has 2 aromatic rings. The molecule has 0 aromatic heterocycles. The van der Waals surface area contributed by atoms with Gasteiger partial charge in [0.1, 0.15) is 5.75 Å². The Kier molecular flexibility index (Phi) is 6.82. The topological polar surface area (TPSA) is 46.5 Å². The highest BCUT2D eigenvalue weighted by molar-refractivity contribution is 5.78. The molecule has 4 saturated carbocycles. The van der Waals surface area contributed by atoms with Crippen molar-refractivity contribution in [1.82, 2.24) is 0 Å². The van der Waals surface area contributed by atoms with Crippen molar-refractivity contribution in [2.24, 2.45) is 17.8 Å². The van der Waals surface area contributed by atoms with Crippen molar-refractivity contribution in [2.45, 2.75) is 82.2 Å². The fraction of sp³-hybridized carbons (Fsp3) is 0.567. The van der Waals surface area contributed by atoms with Crippen molar-refractivity contribution in [3.05, 3.63) is 64.7 Å². The highest BCUT2D eigenvalue weighted by atomic mass is 19.4. The lowest BCUT2D eigenvalue weighted by molar-refractivity contribution is -0.145. The molecule has 4 aliphatic carbocycles. The second-order valence-corrected chi connectivity index (χ2v) is 11.4. The summed E-state index contributed by atoms with van der Waals surface area (Å²) in [5.41, 5.74) is 1.75. The Morgan fingerprint density at radius 1 is 1.06 bits per heavy atom. The Labute approximate surface area is 211 Å². The van der Waals surface area contributed by atoms with Gasteiger partial charge in [0, 0.05) is 5.56 Å². The van der Waals surface area contributed by atoms with Gasteiger partial charge in [-0.25, -0.2) is 0 Å². The molecule has 4 fully saturated rings. The molecule has 36 heavy (non-hydrogen) atoms. The Bertz CT molecular complexity index is 1070. The maximum atomic E-state index is 13.2. The molecule has 1 N–H and O–H groups in total. The number of phenolic OH excluding ortho intramolecular Hbond substituents is 1. The molecular weight excluding hydrogens is 465 g/mol. The van der Waals surface area contributed by atoms with E-state index in [1.54, 1.807) is 13.0 Å². The van der Waals surface area contributed by atoms with E-state index < -0.39 is 23.6 Å². The second kappa shape index (κ2) is 9.75. The van der Waals surface area contributed by atoms with Gasteiger partial charge >= 0.3 is 12.1 Å². The monoisotopic (exact) mass is 500 g/mol. The zero-order valence-electron chi connectivity index (χ0n) is 20.8. The predicted octanol–water partition coefficient (Wildman–Crippen LogP) is 7.55. The van der Waals surface area contributed by atoms with Crippen LogP contribution in [0.2, 0.25) is 0 Å². The average molecular weight is 501 g/mol. The van der Waals surface area contributed by atoms with E-state index in [-0.39, 0.29) is 12.0 Å². The summed E-state index contributed by atoms with van der Waals surface area (Å²) in [5, 5.41) is 11.0. The summed E-state index contributed by atoms with van der Waals surface area (Å²) in [6.07, 6.45) is 4.74. The van der Waals surface area contributed by atoms with E-state index in [4.69, 9.17) is 4.74 Å². The van der Waals surface area contributed by atoms with Gasteiger partial charge in [0.2, 0.25) is 0 Å². The van der Waals surface area contributed by atoms with Crippen LogP contribution in [-0.4, -0.2) is 17.7 Å². The van der Waals surface area contributed by atoms with Gasteiger partial charge in [-0.3, -0.25) is 4.79 Å². The first-order chi connectivity index (χ1) is 17.2. The summed E-state index contributed by atoms with van der Waals surface area (Å²) in [6.45, 7) is 1.86. The molecule has 2 aromatic carbocycles. The van der Waals surface area contributed by atoms with Crippen molar-refractivity contribution >= 4 is 5.97 Å². The van der Waals surface area contributed by atoms with E-state index in [9.17, 15) is 23.1 Å². The van der Waals surface area contributed by atoms with Crippen LogP contribution in [-0.2, 0) is 27.5 Å². The number of ether oxygens (including phenoxy) is 1. The lowest BCUT2D eigenvalue weighted by Gasteiger charge is -2.57. The fourth-order valence-corrected chi connectivity index (χ4v) is 7.73.